The van der Waals surface area contributed by atoms with Crippen LogP contribution < -0.4 is 14.8 Å². The summed E-state index contributed by atoms with van der Waals surface area (Å²) in [6, 6.07) is 17.9. The molecule has 0 saturated heterocycles. The number of rotatable bonds is 8. The summed E-state index contributed by atoms with van der Waals surface area (Å²) in [6.07, 6.45) is 0.0700. The topological polar surface area (TPSA) is 30.5 Å². The third kappa shape index (κ3) is 5.32. The fourth-order valence-electron chi connectivity index (χ4n) is 2.02. The molecule has 0 aliphatic heterocycles. The van der Waals surface area contributed by atoms with Crippen LogP contribution in [0.4, 0.5) is 5.69 Å². The van der Waals surface area contributed by atoms with E-state index in [-0.39, 0.29) is 6.10 Å². The summed E-state index contributed by atoms with van der Waals surface area (Å²) >= 11 is 0. The highest BCUT2D eigenvalue weighted by Gasteiger charge is 2.07. The maximum atomic E-state index is 5.87. The number of hydrogen-bond donors (Lipinski definition) is 1. The van der Waals surface area contributed by atoms with E-state index >= 15 is 0 Å². The van der Waals surface area contributed by atoms with E-state index < -0.39 is 0 Å². The van der Waals surface area contributed by atoms with Gasteiger partial charge in [-0.15, -0.1) is 0 Å². The second-order valence-electron chi connectivity index (χ2n) is 5.82. The minimum Gasteiger partial charge on any atom is -0.491 e. The molecule has 0 bridgehead atoms. The van der Waals surface area contributed by atoms with Gasteiger partial charge < -0.3 is 14.8 Å². The zero-order valence-corrected chi connectivity index (χ0v) is 13.6. The number of hydrogen-bond acceptors (Lipinski definition) is 3. The fraction of sp³-hybridized carbons (Fsp3) is 0.368. The molecule has 0 radical (unpaired) electrons. The Morgan fingerprint density at radius 3 is 2.32 bits per heavy atom. The van der Waals surface area contributed by atoms with Crippen molar-refractivity contribution in [2.45, 2.75) is 26.9 Å². The third-order valence-corrected chi connectivity index (χ3v) is 3.12. The average Bonchev–Trinajstić information content (AvgIpc) is 2.52. The zero-order chi connectivity index (χ0) is 15.8. The summed E-state index contributed by atoms with van der Waals surface area (Å²) in [6.45, 7) is 7.78. The molecule has 3 heteroatoms. The van der Waals surface area contributed by atoms with E-state index in [1.54, 1.807) is 0 Å². The van der Waals surface area contributed by atoms with Gasteiger partial charge in [-0.3, -0.25) is 0 Å². The molecule has 0 spiro atoms. The Bertz CT molecular complexity index is 554. The Balaban J connectivity index is 1.88. The van der Waals surface area contributed by atoms with Crippen molar-refractivity contribution in [2.24, 2.45) is 5.92 Å². The summed E-state index contributed by atoms with van der Waals surface area (Å²) < 4.78 is 11.7. The number of ether oxygens (including phenoxy) is 2. The van der Waals surface area contributed by atoms with Gasteiger partial charge in [-0.05, 0) is 37.1 Å². The zero-order valence-electron chi connectivity index (χ0n) is 13.6. The normalized spacial score (nSPS) is 12.0. The lowest BCUT2D eigenvalue weighted by Crippen LogP contribution is -2.23. The summed E-state index contributed by atoms with van der Waals surface area (Å²) in [5.41, 5.74) is 1.01. The van der Waals surface area contributed by atoms with Gasteiger partial charge in [-0.2, -0.15) is 0 Å². The van der Waals surface area contributed by atoms with Crippen LogP contribution in [0.2, 0.25) is 0 Å². The Hall–Kier alpha value is -2.16. The van der Waals surface area contributed by atoms with Crippen LogP contribution >= 0.6 is 0 Å². The second-order valence-corrected chi connectivity index (χ2v) is 5.82. The van der Waals surface area contributed by atoms with E-state index in [1.165, 1.54) is 0 Å². The van der Waals surface area contributed by atoms with Crippen molar-refractivity contribution in [3.63, 3.8) is 0 Å². The molecule has 1 unspecified atom stereocenters. The minimum absolute atomic E-state index is 0.0700. The molecule has 1 atom stereocenters. The highest BCUT2D eigenvalue weighted by molar-refractivity contribution is 5.56. The van der Waals surface area contributed by atoms with Gasteiger partial charge in [0.05, 0.1) is 18.8 Å². The number of nitrogens with one attached hydrogen (secondary N) is 1. The molecule has 2 rings (SSSR count). The van der Waals surface area contributed by atoms with Crippen LogP contribution in [-0.4, -0.2) is 19.3 Å². The monoisotopic (exact) mass is 299 g/mol. The smallest absolute Gasteiger partial charge is 0.142 e. The molecule has 2 aromatic carbocycles. The third-order valence-electron chi connectivity index (χ3n) is 3.12. The highest BCUT2D eigenvalue weighted by atomic mass is 16.5. The molecule has 0 saturated carbocycles. The van der Waals surface area contributed by atoms with Crippen LogP contribution in [0.5, 0.6) is 11.5 Å². The molecule has 22 heavy (non-hydrogen) atoms. The van der Waals surface area contributed by atoms with E-state index in [4.69, 9.17) is 9.47 Å². The maximum Gasteiger partial charge on any atom is 0.142 e. The first kappa shape index (κ1) is 16.2. The van der Waals surface area contributed by atoms with E-state index in [2.05, 4.69) is 26.1 Å². The predicted octanol–water partition coefficient (Wildman–Crippen LogP) is 4.60. The lowest BCUT2D eigenvalue weighted by atomic mass is 10.2. The van der Waals surface area contributed by atoms with Gasteiger partial charge in [0.2, 0.25) is 0 Å². The number of para-hydroxylation sites is 3. The number of benzene rings is 2. The fourth-order valence-corrected chi connectivity index (χ4v) is 2.02. The first-order valence-electron chi connectivity index (χ1n) is 7.82. The van der Waals surface area contributed by atoms with Crippen LogP contribution in [0, 0.1) is 5.92 Å². The Morgan fingerprint density at radius 2 is 1.59 bits per heavy atom. The summed E-state index contributed by atoms with van der Waals surface area (Å²) in [7, 11) is 0. The number of anilines is 1. The molecule has 0 fully saturated rings. The van der Waals surface area contributed by atoms with Crippen LogP contribution in [0.25, 0.3) is 0 Å². The summed E-state index contributed by atoms with van der Waals surface area (Å²) in [4.78, 5) is 0. The standard InChI is InChI=1S/C19H25NO2/c1-15(2)14-21-19-12-8-7-11-18(19)20-13-16(3)22-17-9-5-4-6-10-17/h4-12,15-16,20H,13-14H2,1-3H3. The molecule has 0 aliphatic rings. The molecule has 118 valence electrons. The minimum atomic E-state index is 0.0700. The molecule has 2 aromatic rings. The van der Waals surface area contributed by atoms with Gasteiger partial charge in [-0.25, -0.2) is 0 Å². The summed E-state index contributed by atoms with van der Waals surface area (Å²) in [5.74, 6) is 2.29. The summed E-state index contributed by atoms with van der Waals surface area (Å²) in [5, 5.41) is 3.41. The molecule has 3 nitrogen and oxygen atoms in total. The largest absolute Gasteiger partial charge is 0.491 e. The van der Waals surface area contributed by atoms with E-state index in [0.717, 1.165) is 30.3 Å². The van der Waals surface area contributed by atoms with Crippen molar-refractivity contribution in [1.29, 1.82) is 0 Å². The highest BCUT2D eigenvalue weighted by Crippen LogP contribution is 2.24. The second kappa shape index (κ2) is 8.32. The van der Waals surface area contributed by atoms with Crippen molar-refractivity contribution in [1.82, 2.24) is 0 Å². The van der Waals surface area contributed by atoms with Crippen molar-refractivity contribution in [2.75, 3.05) is 18.5 Å². The molecular weight excluding hydrogens is 274 g/mol. The Morgan fingerprint density at radius 1 is 0.909 bits per heavy atom. The lowest BCUT2D eigenvalue weighted by Gasteiger charge is -2.18. The van der Waals surface area contributed by atoms with Crippen molar-refractivity contribution in [3.8, 4) is 11.5 Å². The first-order chi connectivity index (χ1) is 10.6. The van der Waals surface area contributed by atoms with Crippen LogP contribution in [0.1, 0.15) is 20.8 Å². The van der Waals surface area contributed by atoms with Crippen molar-refractivity contribution < 1.29 is 9.47 Å². The van der Waals surface area contributed by atoms with Crippen molar-refractivity contribution in [3.05, 3.63) is 54.6 Å². The molecule has 1 N–H and O–H groups in total. The van der Waals surface area contributed by atoms with Gasteiger partial charge >= 0.3 is 0 Å². The molecule has 0 aliphatic carbocycles. The van der Waals surface area contributed by atoms with Crippen LogP contribution in [-0.2, 0) is 0 Å². The van der Waals surface area contributed by atoms with Crippen LogP contribution in [0.3, 0.4) is 0 Å². The van der Waals surface area contributed by atoms with E-state index in [9.17, 15) is 0 Å². The van der Waals surface area contributed by atoms with Gasteiger partial charge in [0.1, 0.15) is 17.6 Å². The average molecular weight is 299 g/mol. The predicted molar refractivity (Wildman–Crippen MR) is 91.8 cm³/mol. The van der Waals surface area contributed by atoms with Gasteiger partial charge in [-0.1, -0.05) is 44.2 Å². The maximum absolute atomic E-state index is 5.87. The van der Waals surface area contributed by atoms with Gasteiger partial charge in [0, 0.05) is 0 Å². The Labute approximate surface area is 133 Å². The molecular formula is C19H25NO2. The van der Waals surface area contributed by atoms with Gasteiger partial charge in [0.15, 0.2) is 0 Å². The molecule has 0 aromatic heterocycles. The molecule has 0 amide bonds. The lowest BCUT2D eigenvalue weighted by molar-refractivity contribution is 0.234. The van der Waals surface area contributed by atoms with Gasteiger partial charge in [0.25, 0.3) is 0 Å². The Kier molecular flexibility index (Phi) is 6.13. The first-order valence-corrected chi connectivity index (χ1v) is 7.82. The van der Waals surface area contributed by atoms with Crippen molar-refractivity contribution >= 4 is 5.69 Å². The van der Waals surface area contributed by atoms with E-state index in [1.807, 2.05) is 54.6 Å². The van der Waals surface area contributed by atoms with Crippen LogP contribution in [0.15, 0.2) is 54.6 Å². The molecule has 0 heterocycles. The SMILES string of the molecule is CC(C)COc1ccccc1NCC(C)Oc1ccccc1. The van der Waals surface area contributed by atoms with E-state index in [0.29, 0.717) is 5.92 Å². The quantitative estimate of drug-likeness (QED) is 0.772.